The summed E-state index contributed by atoms with van der Waals surface area (Å²) in [5.74, 6) is 0.386. The van der Waals surface area contributed by atoms with Gasteiger partial charge in [-0.1, -0.05) is 30.3 Å². The van der Waals surface area contributed by atoms with Crippen molar-refractivity contribution in [2.45, 2.75) is 11.5 Å². The van der Waals surface area contributed by atoms with E-state index in [1.165, 1.54) is 0 Å². The Kier molecular flexibility index (Phi) is 2.93. The Morgan fingerprint density at radius 3 is 2.53 bits per heavy atom. The molecule has 0 bridgehead atoms. The minimum atomic E-state index is -4.30. The lowest BCUT2D eigenvalue weighted by atomic mass is 10.1. The van der Waals surface area contributed by atoms with Crippen molar-refractivity contribution < 1.29 is 22.4 Å². The number of hydrogen-bond donors (Lipinski definition) is 1. The first-order valence-corrected chi connectivity index (χ1v) is 7.28. The average molecular weight is 280 g/mol. The standard InChI is InChI=1S/C13H12O5S/c14-19(15,16)13(12-8-17-12)18-11-6-5-9-3-1-2-4-10(9)7-11/h1-7,12-13H,8H2,(H,14,15,16). The monoisotopic (exact) mass is 280 g/mol. The van der Waals surface area contributed by atoms with E-state index < -0.39 is 21.7 Å². The average Bonchev–Trinajstić information content (AvgIpc) is 3.18. The van der Waals surface area contributed by atoms with Crippen LogP contribution in [-0.2, 0) is 14.9 Å². The van der Waals surface area contributed by atoms with Gasteiger partial charge in [0.05, 0.1) is 6.61 Å². The van der Waals surface area contributed by atoms with E-state index in [4.69, 9.17) is 14.0 Å². The lowest BCUT2D eigenvalue weighted by Crippen LogP contribution is -2.32. The second kappa shape index (κ2) is 4.48. The van der Waals surface area contributed by atoms with E-state index in [1.54, 1.807) is 12.1 Å². The van der Waals surface area contributed by atoms with Gasteiger partial charge in [-0.2, -0.15) is 8.42 Å². The van der Waals surface area contributed by atoms with Gasteiger partial charge >= 0.3 is 10.1 Å². The number of hydrogen-bond acceptors (Lipinski definition) is 4. The molecule has 1 saturated heterocycles. The maximum atomic E-state index is 11.2. The van der Waals surface area contributed by atoms with Gasteiger partial charge in [-0.05, 0) is 22.9 Å². The molecule has 1 N–H and O–H groups in total. The third-order valence-corrected chi connectivity index (χ3v) is 3.92. The summed E-state index contributed by atoms with van der Waals surface area (Å²) in [7, 11) is -4.30. The highest BCUT2D eigenvalue weighted by Gasteiger charge is 2.43. The Hall–Kier alpha value is -1.63. The SMILES string of the molecule is O=S(=O)(O)C(Oc1ccc2ccccc2c1)C1CO1. The highest BCUT2D eigenvalue weighted by molar-refractivity contribution is 7.86. The minimum absolute atomic E-state index is 0.276. The van der Waals surface area contributed by atoms with Crippen molar-refractivity contribution in [3.63, 3.8) is 0 Å². The van der Waals surface area contributed by atoms with Crippen LogP contribution >= 0.6 is 0 Å². The number of rotatable bonds is 4. The predicted molar refractivity (Wildman–Crippen MR) is 69.7 cm³/mol. The highest BCUT2D eigenvalue weighted by Crippen LogP contribution is 2.26. The van der Waals surface area contributed by atoms with Crippen LogP contribution in [0.3, 0.4) is 0 Å². The first-order valence-electron chi connectivity index (χ1n) is 5.77. The fourth-order valence-electron chi connectivity index (χ4n) is 1.92. The summed E-state index contributed by atoms with van der Waals surface area (Å²) < 4.78 is 41.8. The highest BCUT2D eigenvalue weighted by atomic mass is 32.2. The van der Waals surface area contributed by atoms with Crippen molar-refractivity contribution in [1.29, 1.82) is 0 Å². The summed E-state index contributed by atoms with van der Waals surface area (Å²) in [6, 6.07) is 12.9. The first-order chi connectivity index (χ1) is 9.04. The maximum absolute atomic E-state index is 11.2. The maximum Gasteiger partial charge on any atom is 0.306 e. The lowest BCUT2D eigenvalue weighted by Gasteiger charge is -2.14. The number of ether oxygens (including phenoxy) is 2. The van der Waals surface area contributed by atoms with E-state index in [2.05, 4.69) is 0 Å². The number of epoxide rings is 1. The molecule has 2 aromatic carbocycles. The van der Waals surface area contributed by atoms with Gasteiger partial charge < -0.3 is 9.47 Å². The molecule has 1 heterocycles. The van der Waals surface area contributed by atoms with Gasteiger partial charge in [0.2, 0.25) is 0 Å². The molecule has 1 aliphatic rings. The molecular weight excluding hydrogens is 268 g/mol. The van der Waals surface area contributed by atoms with Gasteiger partial charge in [0, 0.05) is 0 Å². The molecule has 2 unspecified atom stereocenters. The third kappa shape index (κ3) is 2.70. The molecule has 0 aliphatic carbocycles. The van der Waals surface area contributed by atoms with E-state index >= 15 is 0 Å². The van der Waals surface area contributed by atoms with Crippen LogP contribution in [0.4, 0.5) is 0 Å². The second-order valence-corrected chi connectivity index (χ2v) is 5.88. The predicted octanol–water partition coefficient (Wildman–Crippen LogP) is 1.83. The van der Waals surface area contributed by atoms with Crippen molar-refractivity contribution in [2.75, 3.05) is 6.61 Å². The van der Waals surface area contributed by atoms with E-state index in [9.17, 15) is 8.42 Å². The van der Waals surface area contributed by atoms with Gasteiger partial charge in [-0.25, -0.2) is 0 Å². The zero-order chi connectivity index (χ0) is 13.5. The van der Waals surface area contributed by atoms with Crippen molar-refractivity contribution in [3.05, 3.63) is 42.5 Å². The molecule has 6 heteroatoms. The number of benzene rings is 2. The molecule has 3 rings (SSSR count). The largest absolute Gasteiger partial charge is 0.469 e. The quantitative estimate of drug-likeness (QED) is 0.683. The van der Waals surface area contributed by atoms with Crippen LogP contribution in [0.5, 0.6) is 5.75 Å². The van der Waals surface area contributed by atoms with Crippen LogP contribution in [0, 0.1) is 0 Å². The summed E-state index contributed by atoms with van der Waals surface area (Å²) in [6.45, 7) is 0.276. The van der Waals surface area contributed by atoms with Gasteiger partial charge in [0.15, 0.2) is 0 Å². The molecule has 100 valence electrons. The van der Waals surface area contributed by atoms with Crippen molar-refractivity contribution >= 4 is 20.9 Å². The van der Waals surface area contributed by atoms with Gasteiger partial charge in [-0.15, -0.1) is 0 Å². The Bertz CT molecular complexity index is 706. The summed E-state index contributed by atoms with van der Waals surface area (Å²) in [5.41, 5.74) is -1.37. The molecule has 0 radical (unpaired) electrons. The van der Waals surface area contributed by atoms with Crippen molar-refractivity contribution in [1.82, 2.24) is 0 Å². The van der Waals surface area contributed by atoms with Crippen LogP contribution < -0.4 is 4.74 Å². The second-order valence-electron chi connectivity index (χ2n) is 4.38. The van der Waals surface area contributed by atoms with Gasteiger partial charge in [0.1, 0.15) is 11.9 Å². The summed E-state index contributed by atoms with van der Waals surface area (Å²) in [5, 5.41) is 1.96. The Labute approximate surface area is 110 Å². The van der Waals surface area contributed by atoms with Gasteiger partial charge in [0.25, 0.3) is 5.44 Å². The molecule has 2 aromatic rings. The molecule has 1 aliphatic heterocycles. The summed E-state index contributed by atoms with van der Waals surface area (Å²) in [6.07, 6.45) is -0.596. The van der Waals surface area contributed by atoms with E-state index in [1.807, 2.05) is 30.3 Å². The summed E-state index contributed by atoms with van der Waals surface area (Å²) in [4.78, 5) is 0. The lowest BCUT2D eigenvalue weighted by molar-refractivity contribution is 0.211. The summed E-state index contributed by atoms with van der Waals surface area (Å²) >= 11 is 0. The fraction of sp³-hybridized carbons (Fsp3) is 0.231. The molecule has 0 amide bonds. The fourth-order valence-corrected chi connectivity index (χ4v) is 2.69. The first kappa shape index (κ1) is 12.4. The normalized spacial score (nSPS) is 20.2. The smallest absolute Gasteiger partial charge is 0.306 e. The molecular formula is C13H12O5S. The van der Waals surface area contributed by atoms with Crippen LogP contribution in [-0.4, -0.2) is 31.1 Å². The molecule has 1 fully saturated rings. The third-order valence-electron chi connectivity index (χ3n) is 2.93. The molecule has 5 nitrogen and oxygen atoms in total. The van der Waals surface area contributed by atoms with Crippen LogP contribution in [0.15, 0.2) is 42.5 Å². The molecule has 0 saturated carbocycles. The van der Waals surface area contributed by atoms with Crippen molar-refractivity contribution in [2.24, 2.45) is 0 Å². The Morgan fingerprint density at radius 2 is 1.89 bits per heavy atom. The van der Waals surface area contributed by atoms with Crippen LogP contribution in [0.2, 0.25) is 0 Å². The van der Waals surface area contributed by atoms with Gasteiger partial charge in [-0.3, -0.25) is 4.55 Å². The van der Waals surface area contributed by atoms with Crippen molar-refractivity contribution in [3.8, 4) is 5.75 Å². The minimum Gasteiger partial charge on any atom is -0.469 e. The number of fused-ring (bicyclic) bond motifs is 1. The van der Waals surface area contributed by atoms with E-state index in [0.29, 0.717) is 5.75 Å². The molecule has 19 heavy (non-hydrogen) atoms. The molecule has 0 spiro atoms. The zero-order valence-electron chi connectivity index (χ0n) is 9.89. The van der Waals surface area contributed by atoms with Crippen LogP contribution in [0.25, 0.3) is 10.8 Å². The zero-order valence-corrected chi connectivity index (χ0v) is 10.7. The Morgan fingerprint density at radius 1 is 1.21 bits per heavy atom. The topological polar surface area (TPSA) is 76.1 Å². The molecule has 0 aromatic heterocycles. The van der Waals surface area contributed by atoms with E-state index in [-0.39, 0.29) is 6.61 Å². The molecule has 2 atom stereocenters. The van der Waals surface area contributed by atoms with Crippen LogP contribution in [0.1, 0.15) is 0 Å². The van der Waals surface area contributed by atoms with E-state index in [0.717, 1.165) is 10.8 Å². The Balaban J connectivity index is 1.91.